The van der Waals surface area contributed by atoms with E-state index in [4.69, 9.17) is 23.2 Å². The fourth-order valence-electron chi connectivity index (χ4n) is 3.95. The second-order valence-electron chi connectivity index (χ2n) is 7.58. The van der Waals surface area contributed by atoms with Crippen molar-refractivity contribution in [2.24, 2.45) is 0 Å². The smallest absolute Gasteiger partial charge is 0.353 e. The number of benzene rings is 3. The Morgan fingerprint density at radius 3 is 2.39 bits per heavy atom. The first-order valence-electron chi connectivity index (χ1n) is 10.0. The van der Waals surface area contributed by atoms with Crippen LogP contribution >= 0.6 is 23.2 Å². The predicted octanol–water partition coefficient (Wildman–Crippen LogP) is 6.76. The van der Waals surface area contributed by atoms with E-state index in [-0.39, 0.29) is 11.5 Å². The lowest BCUT2D eigenvalue weighted by Gasteiger charge is -2.11. The van der Waals surface area contributed by atoms with E-state index in [1.54, 1.807) is 53.3 Å². The molecule has 0 saturated heterocycles. The topological polar surface area (TPSA) is 70.9 Å². The van der Waals surface area contributed by atoms with Crippen molar-refractivity contribution in [3.05, 3.63) is 106 Å². The molecule has 2 heterocycles. The molecule has 2 aromatic heterocycles. The largest absolute Gasteiger partial charge is 0.477 e. The van der Waals surface area contributed by atoms with Gasteiger partial charge >= 0.3 is 5.97 Å². The lowest BCUT2D eigenvalue weighted by molar-refractivity contribution is 0.0692. The van der Waals surface area contributed by atoms with Gasteiger partial charge in [0.05, 0.1) is 17.6 Å². The fourth-order valence-corrected chi connectivity index (χ4v) is 4.25. The molecule has 0 radical (unpaired) electrons. The molecule has 5 rings (SSSR count). The molecule has 0 aliphatic rings. The monoisotopic (exact) mass is 479 g/mol. The summed E-state index contributed by atoms with van der Waals surface area (Å²) in [6.07, 6.45) is 2.20. The van der Waals surface area contributed by atoms with E-state index in [2.05, 4.69) is 10.1 Å². The number of aromatic amines is 1. The maximum Gasteiger partial charge on any atom is 0.353 e. The summed E-state index contributed by atoms with van der Waals surface area (Å²) in [4.78, 5) is 15.2. The number of carbonyl (C=O) groups is 1. The van der Waals surface area contributed by atoms with Crippen molar-refractivity contribution < 1.29 is 14.3 Å². The number of hydrogen-bond donors (Lipinski definition) is 2. The van der Waals surface area contributed by atoms with Crippen molar-refractivity contribution in [1.82, 2.24) is 14.8 Å². The summed E-state index contributed by atoms with van der Waals surface area (Å²) in [5.41, 5.74) is 4.10. The summed E-state index contributed by atoms with van der Waals surface area (Å²) < 4.78 is 15.2. The van der Waals surface area contributed by atoms with E-state index >= 15 is 0 Å². The van der Waals surface area contributed by atoms with Crippen LogP contribution < -0.4 is 0 Å². The number of H-pyrrole nitrogens is 1. The molecule has 0 saturated carbocycles. The fraction of sp³-hybridized carbons (Fsp3) is 0.0400. The number of carboxylic acids is 1. The van der Waals surface area contributed by atoms with Crippen molar-refractivity contribution in [1.29, 1.82) is 0 Å². The predicted molar refractivity (Wildman–Crippen MR) is 127 cm³/mol. The minimum atomic E-state index is -1.11. The van der Waals surface area contributed by atoms with Crippen molar-refractivity contribution in [3.63, 3.8) is 0 Å². The van der Waals surface area contributed by atoms with Gasteiger partial charge in [0.15, 0.2) is 0 Å². The summed E-state index contributed by atoms with van der Waals surface area (Å²) in [6, 6.07) is 18.5. The van der Waals surface area contributed by atoms with Crippen LogP contribution in [0.4, 0.5) is 4.39 Å². The van der Waals surface area contributed by atoms with Gasteiger partial charge < -0.3 is 10.1 Å². The highest BCUT2D eigenvalue weighted by Crippen LogP contribution is 2.38. The molecule has 8 heteroatoms. The minimum absolute atomic E-state index is 0.0217. The highest BCUT2D eigenvalue weighted by atomic mass is 35.5. The highest BCUT2D eigenvalue weighted by Gasteiger charge is 2.25. The Hall–Kier alpha value is -3.61. The maximum absolute atomic E-state index is 13.6. The quantitative estimate of drug-likeness (QED) is 0.292. The Morgan fingerprint density at radius 2 is 1.70 bits per heavy atom. The molecular weight excluding hydrogens is 464 g/mol. The molecule has 0 unspecified atom stereocenters. The number of rotatable bonds is 5. The first-order chi connectivity index (χ1) is 15.9. The van der Waals surface area contributed by atoms with E-state index in [0.717, 1.165) is 11.1 Å². The lowest BCUT2D eigenvalue weighted by atomic mass is 9.99. The van der Waals surface area contributed by atoms with Gasteiger partial charge in [0.2, 0.25) is 0 Å². The molecular formula is C25H16Cl2FN3O2. The molecule has 0 aliphatic carbocycles. The van der Waals surface area contributed by atoms with Gasteiger partial charge in [-0.25, -0.2) is 13.9 Å². The molecule has 0 aliphatic heterocycles. The Morgan fingerprint density at radius 1 is 1.00 bits per heavy atom. The number of aromatic carboxylic acids is 1. The van der Waals surface area contributed by atoms with E-state index in [1.165, 1.54) is 12.1 Å². The van der Waals surface area contributed by atoms with Crippen LogP contribution in [0.2, 0.25) is 10.0 Å². The molecule has 2 N–H and O–H groups in total. The van der Waals surface area contributed by atoms with Gasteiger partial charge in [0.1, 0.15) is 11.5 Å². The Kier molecular flexibility index (Phi) is 5.40. The summed E-state index contributed by atoms with van der Waals surface area (Å²) >= 11 is 12.2. The molecule has 0 bridgehead atoms. The molecule has 0 atom stereocenters. The summed E-state index contributed by atoms with van der Waals surface area (Å²) in [5, 5.41) is 16.3. The number of nitrogens with one attached hydrogen (secondary N) is 1. The van der Waals surface area contributed by atoms with Crippen LogP contribution in [-0.4, -0.2) is 25.8 Å². The number of halogens is 3. The van der Waals surface area contributed by atoms with Crippen molar-refractivity contribution in [2.45, 2.75) is 6.42 Å². The standard InChI is InChI=1S/C25H16Cl2FN3O2/c26-16-3-1-14(2-4-16)11-15-13-29-31(19-8-6-18(28)7-9-19)24(15)22-20-10-5-17(27)12-21(20)30-23(22)25(32)33/h1-10,12-13,30H,11H2,(H,32,33). The van der Waals surface area contributed by atoms with E-state index in [1.807, 2.05) is 12.1 Å². The Labute approximate surface area is 198 Å². The molecule has 164 valence electrons. The van der Waals surface area contributed by atoms with Gasteiger partial charge in [-0.2, -0.15) is 5.10 Å². The van der Waals surface area contributed by atoms with Gasteiger partial charge in [-0.15, -0.1) is 0 Å². The summed E-state index contributed by atoms with van der Waals surface area (Å²) in [6.45, 7) is 0. The highest BCUT2D eigenvalue weighted by molar-refractivity contribution is 6.31. The zero-order valence-electron chi connectivity index (χ0n) is 17.0. The lowest BCUT2D eigenvalue weighted by Crippen LogP contribution is -2.05. The van der Waals surface area contributed by atoms with E-state index in [0.29, 0.717) is 44.3 Å². The third-order valence-corrected chi connectivity index (χ3v) is 5.92. The van der Waals surface area contributed by atoms with Gasteiger partial charge in [0, 0.05) is 38.5 Å². The van der Waals surface area contributed by atoms with E-state index in [9.17, 15) is 14.3 Å². The summed E-state index contributed by atoms with van der Waals surface area (Å²) in [5.74, 6) is -1.48. The SMILES string of the molecule is O=C(O)c1[nH]c2cc(Cl)ccc2c1-c1c(Cc2ccc(Cl)cc2)cnn1-c1ccc(F)cc1. The molecule has 0 fully saturated rings. The third kappa shape index (κ3) is 3.99. The van der Waals surface area contributed by atoms with Crippen LogP contribution in [0, 0.1) is 5.82 Å². The Balaban J connectivity index is 1.78. The second kappa shape index (κ2) is 8.39. The van der Waals surface area contributed by atoms with Crippen molar-refractivity contribution in [3.8, 4) is 16.9 Å². The van der Waals surface area contributed by atoms with Crippen LogP contribution in [0.25, 0.3) is 27.8 Å². The zero-order chi connectivity index (χ0) is 23.1. The number of carboxylic acid groups (broad SMARTS) is 1. The van der Waals surface area contributed by atoms with Gasteiger partial charge in [0.25, 0.3) is 0 Å². The normalized spacial score (nSPS) is 11.2. The van der Waals surface area contributed by atoms with E-state index < -0.39 is 5.97 Å². The second-order valence-corrected chi connectivity index (χ2v) is 8.45. The average molecular weight is 480 g/mol. The number of fused-ring (bicyclic) bond motifs is 1. The summed E-state index contributed by atoms with van der Waals surface area (Å²) in [7, 11) is 0. The molecule has 3 aromatic carbocycles. The minimum Gasteiger partial charge on any atom is -0.477 e. The van der Waals surface area contributed by atoms with Crippen LogP contribution in [0.1, 0.15) is 21.6 Å². The number of aromatic nitrogens is 3. The number of hydrogen-bond acceptors (Lipinski definition) is 2. The molecule has 0 amide bonds. The van der Waals surface area contributed by atoms with Gasteiger partial charge in [-0.3, -0.25) is 0 Å². The average Bonchev–Trinajstić information content (AvgIpc) is 3.36. The molecule has 33 heavy (non-hydrogen) atoms. The van der Waals surface area contributed by atoms with Crippen LogP contribution in [0.15, 0.2) is 72.9 Å². The first kappa shape index (κ1) is 21.2. The molecule has 0 spiro atoms. The Bertz CT molecular complexity index is 1490. The third-order valence-electron chi connectivity index (χ3n) is 5.44. The molecule has 5 aromatic rings. The zero-order valence-corrected chi connectivity index (χ0v) is 18.5. The van der Waals surface area contributed by atoms with Crippen LogP contribution in [0.5, 0.6) is 0 Å². The first-order valence-corrected chi connectivity index (χ1v) is 10.8. The van der Waals surface area contributed by atoms with Gasteiger partial charge in [-0.1, -0.05) is 41.4 Å². The van der Waals surface area contributed by atoms with Gasteiger partial charge in [-0.05, 0) is 54.1 Å². The van der Waals surface area contributed by atoms with Crippen LogP contribution in [-0.2, 0) is 6.42 Å². The molecule has 5 nitrogen and oxygen atoms in total. The maximum atomic E-state index is 13.6. The van der Waals surface area contributed by atoms with Crippen LogP contribution in [0.3, 0.4) is 0 Å². The van der Waals surface area contributed by atoms with Crippen molar-refractivity contribution >= 4 is 40.1 Å². The van der Waals surface area contributed by atoms with Crippen molar-refractivity contribution in [2.75, 3.05) is 0 Å². The number of nitrogens with zero attached hydrogens (tertiary/aromatic N) is 2.